The SMILES string of the molecule is CCCCCCC(C)(CN)N(C)CCOCC. The molecule has 3 nitrogen and oxygen atoms in total. The van der Waals surface area contributed by atoms with E-state index in [-0.39, 0.29) is 5.54 Å². The molecule has 0 bridgehead atoms. The van der Waals surface area contributed by atoms with Crippen LogP contribution in [0.25, 0.3) is 0 Å². The van der Waals surface area contributed by atoms with E-state index in [1.807, 2.05) is 6.92 Å². The summed E-state index contributed by atoms with van der Waals surface area (Å²) in [6.07, 6.45) is 6.42. The van der Waals surface area contributed by atoms with E-state index in [0.29, 0.717) is 0 Å². The van der Waals surface area contributed by atoms with E-state index in [4.69, 9.17) is 10.5 Å². The summed E-state index contributed by atoms with van der Waals surface area (Å²) >= 11 is 0. The second kappa shape index (κ2) is 9.86. The lowest BCUT2D eigenvalue weighted by atomic mass is 9.92. The van der Waals surface area contributed by atoms with E-state index in [2.05, 4.69) is 25.8 Å². The molecule has 0 heterocycles. The lowest BCUT2D eigenvalue weighted by Gasteiger charge is -2.38. The lowest BCUT2D eigenvalue weighted by Crippen LogP contribution is -2.50. The summed E-state index contributed by atoms with van der Waals surface area (Å²) < 4.78 is 5.40. The fourth-order valence-electron chi connectivity index (χ4n) is 2.00. The van der Waals surface area contributed by atoms with E-state index >= 15 is 0 Å². The smallest absolute Gasteiger partial charge is 0.0593 e. The molecule has 0 radical (unpaired) electrons. The highest BCUT2D eigenvalue weighted by atomic mass is 16.5. The second-order valence-corrected chi connectivity index (χ2v) is 5.13. The standard InChI is InChI=1S/C14H32N2O/c1-5-7-8-9-10-14(3,13-15)16(4)11-12-17-6-2/h5-13,15H2,1-4H3. The van der Waals surface area contributed by atoms with Crippen LogP contribution in [0.2, 0.25) is 0 Å². The third-order valence-corrected chi connectivity index (χ3v) is 3.71. The maximum absolute atomic E-state index is 5.94. The van der Waals surface area contributed by atoms with E-state index in [0.717, 1.165) is 26.3 Å². The molecule has 0 aromatic rings. The van der Waals surface area contributed by atoms with Gasteiger partial charge in [-0.1, -0.05) is 32.6 Å². The summed E-state index contributed by atoms with van der Waals surface area (Å²) in [6, 6.07) is 0. The molecule has 0 rings (SSSR count). The average molecular weight is 244 g/mol. The maximum atomic E-state index is 5.94. The molecule has 104 valence electrons. The van der Waals surface area contributed by atoms with Crippen LogP contribution in [-0.4, -0.2) is 43.8 Å². The van der Waals surface area contributed by atoms with Gasteiger partial charge in [-0.3, -0.25) is 4.90 Å². The fourth-order valence-corrected chi connectivity index (χ4v) is 2.00. The van der Waals surface area contributed by atoms with Gasteiger partial charge in [0.25, 0.3) is 0 Å². The van der Waals surface area contributed by atoms with Gasteiger partial charge in [-0.05, 0) is 27.3 Å². The van der Waals surface area contributed by atoms with Crippen LogP contribution in [-0.2, 0) is 4.74 Å². The van der Waals surface area contributed by atoms with Crippen LogP contribution in [0.4, 0.5) is 0 Å². The van der Waals surface area contributed by atoms with Crippen molar-refractivity contribution < 1.29 is 4.74 Å². The van der Waals surface area contributed by atoms with Crippen molar-refractivity contribution in [3.63, 3.8) is 0 Å². The van der Waals surface area contributed by atoms with Crippen LogP contribution in [0.1, 0.15) is 52.9 Å². The van der Waals surface area contributed by atoms with Gasteiger partial charge in [0.15, 0.2) is 0 Å². The third-order valence-electron chi connectivity index (χ3n) is 3.71. The van der Waals surface area contributed by atoms with Gasteiger partial charge in [0, 0.05) is 25.2 Å². The van der Waals surface area contributed by atoms with Crippen molar-refractivity contribution in [3.8, 4) is 0 Å². The molecule has 0 saturated heterocycles. The number of nitrogens with two attached hydrogens (primary N) is 1. The number of ether oxygens (including phenoxy) is 1. The van der Waals surface area contributed by atoms with Crippen molar-refractivity contribution in [3.05, 3.63) is 0 Å². The quantitative estimate of drug-likeness (QED) is 0.568. The largest absolute Gasteiger partial charge is 0.380 e. The predicted octanol–water partition coefficient (Wildman–Crippen LogP) is 2.64. The molecule has 3 heteroatoms. The highest BCUT2D eigenvalue weighted by Gasteiger charge is 2.26. The first-order valence-electron chi connectivity index (χ1n) is 7.09. The van der Waals surface area contributed by atoms with Crippen molar-refractivity contribution in [2.75, 3.05) is 33.4 Å². The molecule has 1 atom stereocenters. The Labute approximate surface area is 108 Å². The number of hydrogen-bond donors (Lipinski definition) is 1. The molecule has 0 aromatic carbocycles. The van der Waals surface area contributed by atoms with Crippen molar-refractivity contribution >= 4 is 0 Å². The number of nitrogens with zero attached hydrogens (tertiary/aromatic N) is 1. The molecule has 0 aromatic heterocycles. The zero-order chi connectivity index (χ0) is 13.1. The molecule has 2 N–H and O–H groups in total. The van der Waals surface area contributed by atoms with Crippen LogP contribution in [0.15, 0.2) is 0 Å². The van der Waals surface area contributed by atoms with E-state index in [1.54, 1.807) is 0 Å². The summed E-state index contributed by atoms with van der Waals surface area (Å²) in [5.74, 6) is 0. The zero-order valence-corrected chi connectivity index (χ0v) is 12.3. The van der Waals surface area contributed by atoms with Crippen molar-refractivity contribution in [2.24, 2.45) is 5.73 Å². The maximum Gasteiger partial charge on any atom is 0.0593 e. The summed E-state index contributed by atoms with van der Waals surface area (Å²) in [7, 11) is 2.16. The first kappa shape index (κ1) is 16.9. The molecule has 0 spiro atoms. The predicted molar refractivity (Wildman–Crippen MR) is 75.3 cm³/mol. The van der Waals surface area contributed by atoms with Gasteiger partial charge in [-0.25, -0.2) is 0 Å². The Morgan fingerprint density at radius 2 is 1.88 bits per heavy atom. The normalized spacial score (nSPS) is 15.2. The number of unbranched alkanes of at least 4 members (excludes halogenated alkanes) is 3. The molecule has 0 saturated carbocycles. The average Bonchev–Trinajstić information content (AvgIpc) is 2.34. The minimum Gasteiger partial charge on any atom is -0.380 e. The van der Waals surface area contributed by atoms with E-state index in [9.17, 15) is 0 Å². The highest BCUT2D eigenvalue weighted by molar-refractivity contribution is 4.85. The summed E-state index contributed by atoms with van der Waals surface area (Å²) in [5.41, 5.74) is 6.07. The Hall–Kier alpha value is -0.120. The molecule has 0 amide bonds. The van der Waals surface area contributed by atoms with Crippen LogP contribution in [0, 0.1) is 0 Å². The Balaban J connectivity index is 3.96. The van der Waals surface area contributed by atoms with Gasteiger partial charge < -0.3 is 10.5 Å². The molecule has 17 heavy (non-hydrogen) atoms. The molecular weight excluding hydrogens is 212 g/mol. The molecular formula is C14H32N2O. The fraction of sp³-hybridized carbons (Fsp3) is 1.00. The van der Waals surface area contributed by atoms with Crippen LogP contribution in [0.5, 0.6) is 0 Å². The Morgan fingerprint density at radius 1 is 1.18 bits per heavy atom. The first-order valence-corrected chi connectivity index (χ1v) is 7.09. The number of hydrogen-bond acceptors (Lipinski definition) is 3. The molecule has 0 aliphatic heterocycles. The minimum atomic E-state index is 0.130. The molecule has 0 aliphatic carbocycles. The van der Waals surface area contributed by atoms with Gasteiger partial charge in [0.2, 0.25) is 0 Å². The van der Waals surface area contributed by atoms with Gasteiger partial charge in [-0.2, -0.15) is 0 Å². The van der Waals surface area contributed by atoms with Crippen molar-refractivity contribution in [1.29, 1.82) is 0 Å². The topological polar surface area (TPSA) is 38.5 Å². The first-order chi connectivity index (χ1) is 8.10. The Bertz CT molecular complexity index is 176. The summed E-state index contributed by atoms with van der Waals surface area (Å²) in [4.78, 5) is 2.36. The zero-order valence-electron chi connectivity index (χ0n) is 12.3. The minimum absolute atomic E-state index is 0.130. The molecule has 0 aliphatic rings. The van der Waals surface area contributed by atoms with E-state index in [1.165, 1.54) is 32.1 Å². The number of rotatable bonds is 11. The van der Waals surface area contributed by atoms with Crippen molar-refractivity contribution in [2.45, 2.75) is 58.4 Å². The number of likely N-dealkylation sites (N-methyl/N-ethyl adjacent to an activating group) is 1. The van der Waals surface area contributed by atoms with Crippen LogP contribution < -0.4 is 5.73 Å². The van der Waals surface area contributed by atoms with Gasteiger partial charge in [-0.15, -0.1) is 0 Å². The van der Waals surface area contributed by atoms with Crippen molar-refractivity contribution in [1.82, 2.24) is 4.90 Å². The van der Waals surface area contributed by atoms with Crippen LogP contribution in [0.3, 0.4) is 0 Å². The highest BCUT2D eigenvalue weighted by Crippen LogP contribution is 2.20. The summed E-state index contributed by atoms with van der Waals surface area (Å²) in [5, 5.41) is 0. The second-order valence-electron chi connectivity index (χ2n) is 5.13. The molecule has 0 fully saturated rings. The monoisotopic (exact) mass is 244 g/mol. The van der Waals surface area contributed by atoms with E-state index < -0.39 is 0 Å². The Morgan fingerprint density at radius 3 is 2.41 bits per heavy atom. The van der Waals surface area contributed by atoms with Gasteiger partial charge in [0.1, 0.15) is 0 Å². The Kier molecular flexibility index (Phi) is 9.79. The van der Waals surface area contributed by atoms with Crippen LogP contribution >= 0.6 is 0 Å². The molecule has 1 unspecified atom stereocenters. The van der Waals surface area contributed by atoms with Gasteiger partial charge >= 0.3 is 0 Å². The van der Waals surface area contributed by atoms with Gasteiger partial charge in [0.05, 0.1) is 6.61 Å². The lowest BCUT2D eigenvalue weighted by molar-refractivity contribution is 0.0704. The summed E-state index contributed by atoms with van der Waals surface area (Å²) in [6.45, 7) is 9.84. The third kappa shape index (κ3) is 7.02.